The number of primary amides is 2. The van der Waals surface area contributed by atoms with Gasteiger partial charge < -0.3 is 31.6 Å². The fourth-order valence-corrected chi connectivity index (χ4v) is 1.64. The van der Waals surface area contributed by atoms with Crippen LogP contribution in [-0.2, 0) is 16.1 Å². The van der Waals surface area contributed by atoms with Crippen LogP contribution in [0.25, 0.3) is 0 Å². The topological polar surface area (TPSA) is 146 Å². The third-order valence-electron chi connectivity index (χ3n) is 2.78. The Labute approximate surface area is 126 Å². The Balaban J connectivity index is 2.68. The zero-order chi connectivity index (χ0) is 16.7. The maximum atomic E-state index is 11.7. The van der Waals surface area contributed by atoms with Crippen molar-refractivity contribution in [2.75, 3.05) is 14.2 Å². The second-order valence-electron chi connectivity index (χ2n) is 4.24. The standard InChI is InChI=1S/C13H18N4O5/c1-21-8-4-3-7(9(5-8)22-2)6-16-13(20)17-10(11(14)18)12(15)19/h3-5,10H,6H2,1-2H3,(H2,14,18)(H2,15,19)(H2,16,17,20). The summed E-state index contributed by atoms with van der Waals surface area (Å²) in [6, 6.07) is 2.73. The van der Waals surface area contributed by atoms with Crippen molar-refractivity contribution in [3.05, 3.63) is 23.8 Å². The quantitative estimate of drug-likeness (QED) is 0.469. The summed E-state index contributed by atoms with van der Waals surface area (Å²) in [5.41, 5.74) is 10.6. The van der Waals surface area contributed by atoms with Gasteiger partial charge in [0.2, 0.25) is 11.8 Å². The molecule has 0 bridgehead atoms. The molecule has 1 rings (SSSR count). The van der Waals surface area contributed by atoms with Gasteiger partial charge in [-0.15, -0.1) is 0 Å². The first-order chi connectivity index (χ1) is 10.4. The van der Waals surface area contributed by atoms with Crippen LogP contribution < -0.4 is 31.6 Å². The van der Waals surface area contributed by atoms with Gasteiger partial charge in [0.05, 0.1) is 14.2 Å². The number of hydrogen-bond acceptors (Lipinski definition) is 5. The van der Waals surface area contributed by atoms with Crippen molar-refractivity contribution in [3.63, 3.8) is 0 Å². The van der Waals surface area contributed by atoms with E-state index in [0.29, 0.717) is 17.1 Å². The minimum absolute atomic E-state index is 0.100. The number of urea groups is 1. The van der Waals surface area contributed by atoms with E-state index in [1.54, 1.807) is 18.2 Å². The summed E-state index contributed by atoms with van der Waals surface area (Å²) in [7, 11) is 3.00. The number of nitrogens with one attached hydrogen (secondary N) is 2. The van der Waals surface area contributed by atoms with Crippen molar-refractivity contribution in [3.8, 4) is 11.5 Å². The molecule has 0 atom stereocenters. The van der Waals surface area contributed by atoms with Gasteiger partial charge in [-0.2, -0.15) is 0 Å². The number of nitrogens with two attached hydrogens (primary N) is 2. The highest BCUT2D eigenvalue weighted by atomic mass is 16.5. The molecule has 0 fully saturated rings. The number of hydrogen-bond donors (Lipinski definition) is 4. The lowest BCUT2D eigenvalue weighted by Crippen LogP contribution is -2.54. The second kappa shape index (κ2) is 7.72. The van der Waals surface area contributed by atoms with Crippen molar-refractivity contribution in [2.45, 2.75) is 12.6 Å². The Morgan fingerprint density at radius 3 is 2.27 bits per heavy atom. The van der Waals surface area contributed by atoms with Crippen LogP contribution in [0.4, 0.5) is 4.79 Å². The fraction of sp³-hybridized carbons (Fsp3) is 0.308. The van der Waals surface area contributed by atoms with Crippen LogP contribution in [0.3, 0.4) is 0 Å². The normalized spacial score (nSPS) is 9.95. The van der Waals surface area contributed by atoms with Crippen molar-refractivity contribution in [1.29, 1.82) is 0 Å². The molecule has 0 heterocycles. The third kappa shape index (κ3) is 4.54. The summed E-state index contributed by atoms with van der Waals surface area (Å²) in [6.07, 6.45) is 0. The molecule has 4 amide bonds. The maximum absolute atomic E-state index is 11.7. The first-order valence-electron chi connectivity index (χ1n) is 6.23. The van der Waals surface area contributed by atoms with E-state index in [4.69, 9.17) is 20.9 Å². The molecule has 1 aromatic rings. The first-order valence-corrected chi connectivity index (χ1v) is 6.23. The Kier molecular flexibility index (Phi) is 5.99. The molecule has 0 radical (unpaired) electrons. The van der Waals surface area contributed by atoms with E-state index in [1.165, 1.54) is 14.2 Å². The average molecular weight is 310 g/mol. The highest BCUT2D eigenvalue weighted by Crippen LogP contribution is 2.24. The Morgan fingerprint density at radius 2 is 1.77 bits per heavy atom. The molecule has 0 aliphatic carbocycles. The predicted molar refractivity (Wildman–Crippen MR) is 77.1 cm³/mol. The van der Waals surface area contributed by atoms with E-state index in [9.17, 15) is 14.4 Å². The highest BCUT2D eigenvalue weighted by molar-refractivity contribution is 6.05. The van der Waals surface area contributed by atoms with Crippen molar-refractivity contribution < 1.29 is 23.9 Å². The van der Waals surface area contributed by atoms with E-state index in [1.807, 2.05) is 0 Å². The fourth-order valence-electron chi connectivity index (χ4n) is 1.64. The predicted octanol–water partition coefficient (Wildman–Crippen LogP) is -1.16. The van der Waals surface area contributed by atoms with Gasteiger partial charge in [0.25, 0.3) is 0 Å². The maximum Gasteiger partial charge on any atom is 0.316 e. The van der Waals surface area contributed by atoms with Gasteiger partial charge in [-0.1, -0.05) is 0 Å². The summed E-state index contributed by atoms with van der Waals surface area (Å²) < 4.78 is 10.2. The largest absolute Gasteiger partial charge is 0.497 e. The number of rotatable bonds is 7. The molecule has 0 aliphatic heterocycles. The van der Waals surface area contributed by atoms with Crippen LogP contribution in [0, 0.1) is 0 Å². The van der Waals surface area contributed by atoms with Gasteiger partial charge in [-0.3, -0.25) is 9.59 Å². The number of ether oxygens (including phenoxy) is 2. The molecule has 1 aromatic carbocycles. The molecule has 9 nitrogen and oxygen atoms in total. The van der Waals surface area contributed by atoms with Gasteiger partial charge in [0.1, 0.15) is 11.5 Å². The van der Waals surface area contributed by atoms with E-state index < -0.39 is 23.9 Å². The molecule has 0 aromatic heterocycles. The summed E-state index contributed by atoms with van der Waals surface area (Å²) in [4.78, 5) is 33.6. The number of carbonyl (C=O) groups excluding carboxylic acids is 3. The number of methoxy groups -OCH3 is 2. The molecular weight excluding hydrogens is 292 g/mol. The number of amides is 4. The molecule has 120 valence electrons. The molecule has 0 unspecified atom stereocenters. The Hall–Kier alpha value is -2.97. The second-order valence-corrected chi connectivity index (χ2v) is 4.24. The van der Waals surface area contributed by atoms with Gasteiger partial charge in [-0.05, 0) is 12.1 Å². The van der Waals surface area contributed by atoms with Crippen molar-refractivity contribution in [2.24, 2.45) is 11.5 Å². The van der Waals surface area contributed by atoms with Crippen LogP contribution >= 0.6 is 0 Å². The Bertz CT molecular complexity index is 562. The summed E-state index contributed by atoms with van der Waals surface area (Å²) in [6.45, 7) is 0.100. The van der Waals surface area contributed by atoms with Crippen LogP contribution in [-0.4, -0.2) is 38.1 Å². The zero-order valence-electron chi connectivity index (χ0n) is 12.2. The first kappa shape index (κ1) is 17.1. The smallest absolute Gasteiger partial charge is 0.316 e. The lowest BCUT2D eigenvalue weighted by molar-refractivity contribution is -0.128. The third-order valence-corrected chi connectivity index (χ3v) is 2.78. The lowest BCUT2D eigenvalue weighted by Gasteiger charge is -2.14. The van der Waals surface area contributed by atoms with Crippen molar-refractivity contribution in [1.82, 2.24) is 10.6 Å². The molecule has 0 saturated heterocycles. The zero-order valence-corrected chi connectivity index (χ0v) is 12.2. The number of benzene rings is 1. The van der Waals surface area contributed by atoms with Crippen molar-refractivity contribution >= 4 is 17.8 Å². The van der Waals surface area contributed by atoms with Crippen LogP contribution in [0.1, 0.15) is 5.56 Å². The SMILES string of the molecule is COc1ccc(CNC(=O)NC(C(N)=O)C(N)=O)c(OC)c1. The summed E-state index contributed by atoms with van der Waals surface area (Å²) in [5.74, 6) is -0.956. The highest BCUT2D eigenvalue weighted by Gasteiger charge is 2.23. The monoisotopic (exact) mass is 310 g/mol. The van der Waals surface area contributed by atoms with Gasteiger partial charge in [-0.25, -0.2) is 4.79 Å². The van der Waals surface area contributed by atoms with E-state index in [-0.39, 0.29) is 6.54 Å². The van der Waals surface area contributed by atoms with Crippen LogP contribution in [0.5, 0.6) is 11.5 Å². The van der Waals surface area contributed by atoms with E-state index in [2.05, 4.69) is 10.6 Å². The molecule has 0 spiro atoms. The van der Waals surface area contributed by atoms with E-state index >= 15 is 0 Å². The van der Waals surface area contributed by atoms with E-state index in [0.717, 1.165) is 0 Å². The summed E-state index contributed by atoms with van der Waals surface area (Å²) in [5, 5.41) is 4.55. The van der Waals surface area contributed by atoms with Gasteiger partial charge >= 0.3 is 6.03 Å². The minimum atomic E-state index is -1.57. The van der Waals surface area contributed by atoms with Gasteiger partial charge in [0.15, 0.2) is 6.04 Å². The molecule has 0 aliphatic rings. The summed E-state index contributed by atoms with van der Waals surface area (Å²) >= 11 is 0. The molecule has 22 heavy (non-hydrogen) atoms. The van der Waals surface area contributed by atoms with Gasteiger partial charge in [0, 0.05) is 18.2 Å². The Morgan fingerprint density at radius 1 is 1.14 bits per heavy atom. The molecule has 9 heteroatoms. The number of carbonyl (C=O) groups is 3. The van der Waals surface area contributed by atoms with Crippen LogP contribution in [0.2, 0.25) is 0 Å². The van der Waals surface area contributed by atoms with Crippen LogP contribution in [0.15, 0.2) is 18.2 Å². The molecular formula is C13H18N4O5. The molecule has 6 N–H and O–H groups in total. The molecule has 0 saturated carbocycles. The lowest BCUT2D eigenvalue weighted by atomic mass is 10.2. The average Bonchev–Trinajstić information content (AvgIpc) is 2.49. The minimum Gasteiger partial charge on any atom is -0.497 e.